The molecule has 0 spiro atoms. The van der Waals surface area contributed by atoms with Gasteiger partial charge in [0, 0.05) is 20.6 Å². The highest BCUT2D eigenvalue weighted by Gasteiger charge is 2.27. The molecule has 0 atom stereocenters. The maximum absolute atomic E-state index is 12.4. The highest BCUT2D eigenvalue weighted by molar-refractivity contribution is 7.89. The van der Waals surface area contributed by atoms with Crippen LogP contribution in [0.4, 0.5) is 0 Å². The molecule has 0 radical (unpaired) electrons. The first-order valence-electron chi connectivity index (χ1n) is 6.34. The summed E-state index contributed by atoms with van der Waals surface area (Å²) in [7, 11) is -0.696. The van der Waals surface area contributed by atoms with Gasteiger partial charge in [0.15, 0.2) is 0 Å². The highest BCUT2D eigenvalue weighted by atomic mass is 35.5. The Kier molecular flexibility index (Phi) is 5.33. The number of benzene rings is 1. The highest BCUT2D eigenvalue weighted by Crippen LogP contribution is 2.24. The van der Waals surface area contributed by atoms with Gasteiger partial charge < -0.3 is 9.30 Å². The maximum Gasteiger partial charge on any atom is 0.263 e. The summed E-state index contributed by atoms with van der Waals surface area (Å²) in [5, 5.41) is 0.372. The Morgan fingerprint density at radius 3 is 2.59 bits per heavy atom. The van der Waals surface area contributed by atoms with E-state index in [2.05, 4.69) is 4.98 Å². The summed E-state index contributed by atoms with van der Waals surface area (Å²) in [6, 6.07) is 6.99. The van der Waals surface area contributed by atoms with Gasteiger partial charge in [-0.15, -0.1) is 0 Å². The molecule has 9 heteroatoms. The number of hydrogen-bond donors (Lipinski definition) is 0. The predicted octanol–water partition coefficient (Wildman–Crippen LogP) is 2.43. The average Bonchev–Trinajstić information content (AvgIpc) is 2.81. The number of aryl methyl sites for hydroxylation is 1. The Morgan fingerprint density at radius 2 is 2.00 bits per heavy atom. The zero-order valence-electron chi connectivity index (χ0n) is 12.0. The second-order valence-electron chi connectivity index (χ2n) is 4.56. The molecule has 2 aromatic rings. The standard InChI is InChI=1S/C13H15Cl2N3O3S/c1-17-9-16-13(12(17)15)22(19,20)18(2)7-8-21-11-6-4-3-5-10(11)14/h3-6,9H,7-8H2,1-2H3. The summed E-state index contributed by atoms with van der Waals surface area (Å²) in [4.78, 5) is 3.83. The molecular weight excluding hydrogens is 349 g/mol. The maximum atomic E-state index is 12.4. The topological polar surface area (TPSA) is 64.4 Å². The quantitative estimate of drug-likeness (QED) is 0.790. The smallest absolute Gasteiger partial charge is 0.263 e. The normalized spacial score (nSPS) is 11.9. The van der Waals surface area contributed by atoms with E-state index in [1.165, 1.54) is 17.9 Å². The van der Waals surface area contributed by atoms with Gasteiger partial charge in [-0.25, -0.2) is 13.4 Å². The number of hydrogen-bond acceptors (Lipinski definition) is 4. The Morgan fingerprint density at radius 1 is 1.32 bits per heavy atom. The fourth-order valence-corrected chi connectivity index (χ4v) is 3.40. The van der Waals surface area contributed by atoms with E-state index >= 15 is 0 Å². The van der Waals surface area contributed by atoms with E-state index in [1.807, 2.05) is 0 Å². The summed E-state index contributed by atoms with van der Waals surface area (Å²) in [6.45, 7) is 0.296. The molecular formula is C13H15Cl2N3O3S. The minimum atomic E-state index is -3.76. The third kappa shape index (κ3) is 3.55. The molecule has 0 N–H and O–H groups in total. The Labute approximate surface area is 139 Å². The first kappa shape index (κ1) is 17.1. The SMILES string of the molecule is CN(CCOc1ccccc1Cl)S(=O)(=O)c1ncn(C)c1Cl. The Balaban J connectivity index is 2.01. The van der Waals surface area contributed by atoms with Crippen molar-refractivity contribution in [3.05, 3.63) is 40.8 Å². The molecule has 1 aromatic carbocycles. The van der Waals surface area contributed by atoms with Crippen molar-refractivity contribution in [2.45, 2.75) is 5.03 Å². The van der Waals surface area contributed by atoms with Gasteiger partial charge in [-0.2, -0.15) is 4.31 Å². The molecule has 0 bridgehead atoms. The zero-order chi connectivity index (χ0) is 16.3. The summed E-state index contributed by atoms with van der Waals surface area (Å²) in [5.74, 6) is 0.505. The van der Waals surface area contributed by atoms with E-state index in [4.69, 9.17) is 27.9 Å². The van der Waals surface area contributed by atoms with Gasteiger partial charge in [0.25, 0.3) is 10.0 Å². The van der Waals surface area contributed by atoms with Crippen molar-refractivity contribution in [2.24, 2.45) is 7.05 Å². The molecule has 0 aliphatic carbocycles. The zero-order valence-corrected chi connectivity index (χ0v) is 14.4. The van der Waals surface area contributed by atoms with Crippen molar-refractivity contribution in [1.82, 2.24) is 13.9 Å². The number of nitrogens with zero attached hydrogens (tertiary/aromatic N) is 3. The van der Waals surface area contributed by atoms with Crippen molar-refractivity contribution in [1.29, 1.82) is 0 Å². The average molecular weight is 364 g/mol. The summed E-state index contributed by atoms with van der Waals surface area (Å²) >= 11 is 11.9. The molecule has 0 fully saturated rings. The lowest BCUT2D eigenvalue weighted by molar-refractivity contribution is 0.287. The molecule has 6 nitrogen and oxygen atoms in total. The first-order chi connectivity index (χ1) is 10.3. The number of sulfonamides is 1. The van der Waals surface area contributed by atoms with E-state index in [-0.39, 0.29) is 23.3 Å². The van der Waals surface area contributed by atoms with Crippen molar-refractivity contribution in [2.75, 3.05) is 20.2 Å². The van der Waals surface area contributed by atoms with Crippen LogP contribution >= 0.6 is 23.2 Å². The number of likely N-dealkylation sites (N-methyl/N-ethyl adjacent to an activating group) is 1. The number of aromatic nitrogens is 2. The molecule has 120 valence electrons. The fraction of sp³-hybridized carbons (Fsp3) is 0.308. The van der Waals surface area contributed by atoms with Gasteiger partial charge in [0.1, 0.15) is 17.5 Å². The molecule has 0 amide bonds. The lowest BCUT2D eigenvalue weighted by atomic mass is 10.3. The van der Waals surface area contributed by atoms with Crippen LogP contribution in [0.25, 0.3) is 0 Å². The summed E-state index contributed by atoms with van der Waals surface area (Å²) in [5.41, 5.74) is 0. The van der Waals surface area contributed by atoms with Gasteiger partial charge in [-0.1, -0.05) is 35.3 Å². The fourth-order valence-electron chi connectivity index (χ4n) is 1.68. The van der Waals surface area contributed by atoms with Crippen LogP contribution in [0.15, 0.2) is 35.6 Å². The first-order valence-corrected chi connectivity index (χ1v) is 8.54. The molecule has 2 rings (SSSR count). The van der Waals surface area contributed by atoms with Crippen LogP contribution in [0.3, 0.4) is 0 Å². The van der Waals surface area contributed by atoms with Crippen molar-refractivity contribution >= 4 is 33.2 Å². The van der Waals surface area contributed by atoms with Gasteiger partial charge in [0.2, 0.25) is 5.03 Å². The predicted molar refractivity (Wildman–Crippen MR) is 85.0 cm³/mol. The molecule has 0 aliphatic heterocycles. The van der Waals surface area contributed by atoms with E-state index in [1.54, 1.807) is 31.3 Å². The molecule has 1 aromatic heterocycles. The van der Waals surface area contributed by atoms with Crippen molar-refractivity contribution in [3.63, 3.8) is 0 Å². The number of halogens is 2. The van der Waals surface area contributed by atoms with E-state index in [0.717, 1.165) is 4.31 Å². The van der Waals surface area contributed by atoms with Crippen LogP contribution < -0.4 is 4.74 Å². The van der Waals surface area contributed by atoms with Crippen LogP contribution in [0.2, 0.25) is 10.2 Å². The van der Waals surface area contributed by atoms with Crippen LogP contribution in [0, 0.1) is 0 Å². The molecule has 1 heterocycles. The van der Waals surface area contributed by atoms with E-state index in [9.17, 15) is 8.42 Å². The third-order valence-corrected chi connectivity index (χ3v) is 5.65. The van der Waals surface area contributed by atoms with E-state index in [0.29, 0.717) is 10.8 Å². The third-order valence-electron chi connectivity index (χ3n) is 2.99. The lowest BCUT2D eigenvalue weighted by Crippen LogP contribution is -2.31. The largest absolute Gasteiger partial charge is 0.491 e. The molecule has 0 aliphatic rings. The second-order valence-corrected chi connectivity index (χ2v) is 7.28. The van der Waals surface area contributed by atoms with Gasteiger partial charge >= 0.3 is 0 Å². The number of rotatable bonds is 6. The lowest BCUT2D eigenvalue weighted by Gasteiger charge is -2.16. The minimum Gasteiger partial charge on any atom is -0.491 e. The van der Waals surface area contributed by atoms with Crippen LogP contribution in [-0.4, -0.2) is 42.5 Å². The van der Waals surface area contributed by atoms with Crippen molar-refractivity contribution in [3.8, 4) is 5.75 Å². The number of ether oxygens (including phenoxy) is 1. The summed E-state index contributed by atoms with van der Waals surface area (Å²) < 4.78 is 32.8. The van der Waals surface area contributed by atoms with Crippen LogP contribution in [0.1, 0.15) is 0 Å². The van der Waals surface area contributed by atoms with Gasteiger partial charge in [0.05, 0.1) is 11.3 Å². The molecule has 22 heavy (non-hydrogen) atoms. The molecule has 0 unspecified atom stereocenters. The Hall–Kier alpha value is -1.28. The Bertz CT molecular complexity index is 762. The van der Waals surface area contributed by atoms with Gasteiger partial charge in [-0.3, -0.25) is 0 Å². The van der Waals surface area contributed by atoms with Crippen LogP contribution in [0.5, 0.6) is 5.75 Å². The summed E-state index contributed by atoms with van der Waals surface area (Å²) in [6.07, 6.45) is 1.35. The molecule has 0 saturated heterocycles. The minimum absolute atomic E-state index is 0.0684. The van der Waals surface area contributed by atoms with Crippen LogP contribution in [-0.2, 0) is 17.1 Å². The van der Waals surface area contributed by atoms with Crippen molar-refractivity contribution < 1.29 is 13.2 Å². The monoisotopic (exact) mass is 363 g/mol. The molecule has 0 saturated carbocycles. The second kappa shape index (κ2) is 6.87. The van der Waals surface area contributed by atoms with Gasteiger partial charge in [-0.05, 0) is 12.1 Å². The number of para-hydroxylation sites is 1. The van der Waals surface area contributed by atoms with E-state index < -0.39 is 10.0 Å². The number of imidazole rings is 1.